The van der Waals surface area contributed by atoms with E-state index in [0.717, 1.165) is 4.47 Å². The van der Waals surface area contributed by atoms with E-state index in [-0.39, 0.29) is 34.9 Å². The van der Waals surface area contributed by atoms with Crippen molar-refractivity contribution in [3.8, 4) is 0 Å². The average molecular weight is 371 g/mol. The lowest BCUT2D eigenvalue weighted by Gasteiger charge is -2.19. The van der Waals surface area contributed by atoms with Crippen LogP contribution in [0.4, 0.5) is 5.69 Å². The molecule has 0 spiro atoms. The molecule has 1 fully saturated rings. The summed E-state index contributed by atoms with van der Waals surface area (Å²) in [6, 6.07) is 5.44. The van der Waals surface area contributed by atoms with E-state index in [1.165, 1.54) is 0 Å². The molecule has 0 saturated carbocycles. The van der Waals surface area contributed by atoms with Crippen LogP contribution in [0.15, 0.2) is 22.7 Å². The van der Waals surface area contributed by atoms with Crippen molar-refractivity contribution in [1.29, 1.82) is 0 Å². The van der Waals surface area contributed by atoms with E-state index in [4.69, 9.17) is 22.7 Å². The van der Waals surface area contributed by atoms with E-state index in [9.17, 15) is 4.79 Å². The van der Waals surface area contributed by atoms with Gasteiger partial charge in [0.2, 0.25) is 5.91 Å². The van der Waals surface area contributed by atoms with Gasteiger partial charge in [0.15, 0.2) is 0 Å². The molecule has 1 saturated heterocycles. The molecule has 1 heterocycles. The maximum absolute atomic E-state index is 12.6. The highest BCUT2D eigenvalue weighted by molar-refractivity contribution is 9.10. The van der Waals surface area contributed by atoms with Gasteiger partial charge in [-0.25, -0.2) is 0 Å². The third kappa shape index (κ3) is 3.44. The second-order valence-electron chi connectivity index (χ2n) is 5.47. The first-order chi connectivity index (χ1) is 9.81. The largest absolute Gasteiger partial charge is 0.389 e. The van der Waals surface area contributed by atoms with Gasteiger partial charge in [0, 0.05) is 10.0 Å². The van der Waals surface area contributed by atoms with E-state index in [2.05, 4.69) is 21.2 Å². The molecule has 1 aliphatic rings. The maximum Gasteiger partial charge on any atom is 0.230 e. The van der Waals surface area contributed by atoms with Gasteiger partial charge in [-0.15, -0.1) is 0 Å². The minimum atomic E-state index is -0.182. The first-order valence-corrected chi connectivity index (χ1v) is 8.07. The molecule has 0 aromatic heterocycles. The number of benzene rings is 1. The molecule has 0 aliphatic carbocycles. The molecule has 4 nitrogen and oxygen atoms in total. The molecule has 6 heteroatoms. The van der Waals surface area contributed by atoms with Crippen LogP contribution in [0.3, 0.4) is 0 Å². The van der Waals surface area contributed by atoms with Gasteiger partial charge < -0.3 is 15.8 Å². The number of halogens is 1. The molecule has 114 valence electrons. The molecule has 1 aliphatic heterocycles. The molecule has 1 amide bonds. The number of nitrogens with two attached hydrogens (primary N) is 1. The quantitative estimate of drug-likeness (QED) is 0.802. The van der Waals surface area contributed by atoms with Crippen LogP contribution in [0.2, 0.25) is 0 Å². The Balaban J connectivity index is 2.24. The first-order valence-electron chi connectivity index (χ1n) is 6.87. The monoisotopic (exact) mass is 370 g/mol. The highest BCUT2D eigenvalue weighted by Gasteiger charge is 2.41. The number of carbonyl (C=O) groups is 1. The summed E-state index contributed by atoms with van der Waals surface area (Å²) in [7, 11) is 0. The van der Waals surface area contributed by atoms with Crippen molar-refractivity contribution in [3.63, 3.8) is 0 Å². The van der Waals surface area contributed by atoms with E-state index in [1.54, 1.807) is 12.1 Å². The zero-order valence-electron chi connectivity index (χ0n) is 12.2. The van der Waals surface area contributed by atoms with Gasteiger partial charge in [0.25, 0.3) is 0 Å². The molecule has 1 aromatic rings. The van der Waals surface area contributed by atoms with Gasteiger partial charge in [0.05, 0.1) is 23.8 Å². The molecular formula is C15H19BrN2O2S. The molecule has 21 heavy (non-hydrogen) atoms. The first kappa shape index (κ1) is 16.4. The van der Waals surface area contributed by atoms with Crippen LogP contribution in [-0.2, 0) is 9.53 Å². The summed E-state index contributed by atoms with van der Waals surface area (Å²) in [4.78, 5) is 12.8. The van der Waals surface area contributed by atoms with Crippen molar-refractivity contribution in [2.75, 3.05) is 5.32 Å². The summed E-state index contributed by atoms with van der Waals surface area (Å²) in [6.45, 7) is 5.96. The van der Waals surface area contributed by atoms with Crippen molar-refractivity contribution >= 4 is 44.7 Å². The van der Waals surface area contributed by atoms with Gasteiger partial charge in [-0.2, -0.15) is 0 Å². The molecule has 4 unspecified atom stereocenters. The topological polar surface area (TPSA) is 64.3 Å². The summed E-state index contributed by atoms with van der Waals surface area (Å²) in [5, 5.41) is 2.94. The molecule has 0 bridgehead atoms. The molecule has 4 atom stereocenters. The van der Waals surface area contributed by atoms with Crippen LogP contribution in [0.25, 0.3) is 0 Å². The Kier molecular flexibility index (Phi) is 5.01. The predicted molar refractivity (Wildman–Crippen MR) is 91.3 cm³/mol. The van der Waals surface area contributed by atoms with Crippen LogP contribution >= 0.6 is 28.1 Å². The van der Waals surface area contributed by atoms with Crippen molar-refractivity contribution < 1.29 is 9.53 Å². The van der Waals surface area contributed by atoms with Gasteiger partial charge in [-0.05, 0) is 38.0 Å². The third-order valence-corrected chi connectivity index (χ3v) is 4.76. The third-order valence-electron chi connectivity index (χ3n) is 4.05. The fourth-order valence-corrected chi connectivity index (χ4v) is 3.31. The number of amides is 1. The summed E-state index contributed by atoms with van der Waals surface area (Å²) in [5.41, 5.74) is 7.00. The Morgan fingerprint density at radius 1 is 1.33 bits per heavy atom. The van der Waals surface area contributed by atoms with Gasteiger partial charge >= 0.3 is 0 Å². The minimum absolute atomic E-state index is 0.0602. The SMILES string of the molecule is CC1OC(C)C(C(=O)Nc2cc(Br)ccc2C(N)=S)C1C. The van der Waals surface area contributed by atoms with E-state index in [1.807, 2.05) is 26.8 Å². The molecular weight excluding hydrogens is 352 g/mol. The summed E-state index contributed by atoms with van der Waals surface area (Å²) < 4.78 is 6.58. The fraction of sp³-hybridized carbons (Fsp3) is 0.467. The Labute approximate surface area is 138 Å². The van der Waals surface area contributed by atoms with E-state index < -0.39 is 0 Å². The number of rotatable bonds is 3. The van der Waals surface area contributed by atoms with Gasteiger partial charge in [0.1, 0.15) is 4.99 Å². The number of anilines is 1. The maximum atomic E-state index is 12.6. The average Bonchev–Trinajstić information content (AvgIpc) is 2.62. The number of hydrogen-bond acceptors (Lipinski definition) is 3. The van der Waals surface area contributed by atoms with Crippen LogP contribution in [0.1, 0.15) is 26.3 Å². The molecule has 3 N–H and O–H groups in total. The predicted octanol–water partition coefficient (Wildman–Crippen LogP) is 3.08. The van der Waals surface area contributed by atoms with Crippen LogP contribution in [-0.4, -0.2) is 23.1 Å². The standard InChI is InChI=1S/C15H19BrN2O2S/c1-7-8(2)20-9(3)13(7)15(19)18-12-6-10(16)4-5-11(12)14(17)21/h4-9,13H,1-3H3,(H2,17,21)(H,18,19). The summed E-state index contributed by atoms with van der Waals surface area (Å²) in [5.74, 6) is -0.0754. The zero-order chi connectivity index (χ0) is 15.7. The van der Waals surface area contributed by atoms with Crippen LogP contribution < -0.4 is 11.1 Å². The van der Waals surface area contributed by atoms with Crippen LogP contribution in [0.5, 0.6) is 0 Å². The normalized spacial score (nSPS) is 28.4. The summed E-state index contributed by atoms with van der Waals surface area (Å²) >= 11 is 8.42. The lowest BCUT2D eigenvalue weighted by atomic mass is 9.88. The van der Waals surface area contributed by atoms with Gasteiger partial charge in [-0.1, -0.05) is 35.1 Å². The molecule has 1 aromatic carbocycles. The fourth-order valence-electron chi connectivity index (χ4n) is 2.77. The Hall–Kier alpha value is -0.980. The highest BCUT2D eigenvalue weighted by atomic mass is 79.9. The molecule has 2 rings (SSSR count). The Bertz CT molecular complexity index is 579. The van der Waals surface area contributed by atoms with Crippen molar-refractivity contribution in [3.05, 3.63) is 28.2 Å². The highest BCUT2D eigenvalue weighted by Crippen LogP contribution is 2.33. The van der Waals surface area contributed by atoms with Gasteiger partial charge in [-0.3, -0.25) is 4.79 Å². The van der Waals surface area contributed by atoms with Crippen LogP contribution in [0, 0.1) is 11.8 Å². The second-order valence-corrected chi connectivity index (χ2v) is 6.83. The number of nitrogens with one attached hydrogen (secondary N) is 1. The Morgan fingerprint density at radius 2 is 2.00 bits per heavy atom. The second kappa shape index (κ2) is 6.42. The lowest BCUT2D eigenvalue weighted by Crippen LogP contribution is -2.32. The lowest BCUT2D eigenvalue weighted by molar-refractivity contribution is -0.121. The van der Waals surface area contributed by atoms with Crippen molar-refractivity contribution in [1.82, 2.24) is 0 Å². The van der Waals surface area contributed by atoms with Crippen molar-refractivity contribution in [2.24, 2.45) is 17.6 Å². The Morgan fingerprint density at radius 3 is 2.52 bits per heavy atom. The number of thiocarbonyl (C=S) groups is 1. The number of hydrogen-bond donors (Lipinski definition) is 2. The van der Waals surface area contributed by atoms with E-state index >= 15 is 0 Å². The number of carbonyl (C=O) groups excluding carboxylic acids is 1. The smallest absolute Gasteiger partial charge is 0.230 e. The zero-order valence-corrected chi connectivity index (χ0v) is 14.6. The number of ether oxygens (including phenoxy) is 1. The summed E-state index contributed by atoms with van der Waals surface area (Å²) in [6.07, 6.45) is -0.0243. The minimum Gasteiger partial charge on any atom is -0.389 e. The van der Waals surface area contributed by atoms with E-state index in [0.29, 0.717) is 11.3 Å². The molecule has 0 radical (unpaired) electrons. The van der Waals surface area contributed by atoms with Crippen molar-refractivity contribution in [2.45, 2.75) is 33.0 Å².